The average Bonchev–Trinajstić information content (AvgIpc) is 1.97. The second-order valence-corrected chi connectivity index (χ2v) is 3.82. The van der Waals surface area contributed by atoms with E-state index in [1.807, 2.05) is 0 Å². The van der Waals surface area contributed by atoms with Crippen molar-refractivity contribution in [1.29, 1.82) is 0 Å². The van der Waals surface area contributed by atoms with Crippen molar-refractivity contribution in [3.8, 4) is 0 Å². The zero-order valence-corrected chi connectivity index (χ0v) is 7.84. The van der Waals surface area contributed by atoms with Crippen molar-refractivity contribution >= 4 is 0 Å². The van der Waals surface area contributed by atoms with Crippen molar-refractivity contribution in [3.63, 3.8) is 0 Å². The summed E-state index contributed by atoms with van der Waals surface area (Å²) in [6.07, 6.45) is 0.958. The molecule has 0 amide bonds. The maximum Gasteiger partial charge on any atom is 0.328 e. The van der Waals surface area contributed by atoms with E-state index in [0.29, 0.717) is 0 Å². The number of aryl methyl sites for hydroxylation is 1. The highest BCUT2D eigenvalue weighted by Crippen LogP contribution is 2.06. The number of hydrogen-bond donors (Lipinski definition) is 1. The van der Waals surface area contributed by atoms with Crippen LogP contribution in [0.3, 0.4) is 0 Å². The molecule has 0 saturated carbocycles. The van der Waals surface area contributed by atoms with Crippen LogP contribution < -0.4 is 11.2 Å². The first-order valence-electron chi connectivity index (χ1n) is 5.41. The Morgan fingerprint density at radius 2 is 2.08 bits per heavy atom. The predicted octanol–water partition coefficient (Wildman–Crippen LogP) is 0.600. The van der Waals surface area contributed by atoms with Gasteiger partial charge in [-0.15, -0.1) is 0 Å². The molecule has 0 bridgehead atoms. The summed E-state index contributed by atoms with van der Waals surface area (Å²) in [6.45, 7) is 2.46. The van der Waals surface area contributed by atoms with Gasteiger partial charge in [0.25, 0.3) is 5.56 Å². The Balaban J connectivity index is 3.66. The van der Waals surface area contributed by atoms with Crippen LogP contribution >= 0.6 is 0 Å². The molecule has 0 unspecified atom stereocenters. The van der Waals surface area contributed by atoms with Crippen molar-refractivity contribution in [1.82, 2.24) is 9.55 Å². The summed E-state index contributed by atoms with van der Waals surface area (Å²) >= 11 is 0. The van der Waals surface area contributed by atoms with Gasteiger partial charge in [-0.05, 0) is 27.6 Å². The number of aromatic amines is 1. The van der Waals surface area contributed by atoms with Gasteiger partial charge in [-0.3, -0.25) is 9.36 Å². The van der Waals surface area contributed by atoms with Gasteiger partial charge in [0.1, 0.15) is 0 Å². The lowest BCUT2D eigenvalue weighted by molar-refractivity contribution is 0.365. The Labute approximate surface area is 80.4 Å². The van der Waals surface area contributed by atoms with Crippen LogP contribution in [-0.4, -0.2) is 9.55 Å². The maximum absolute atomic E-state index is 11.9. The molecule has 0 fully saturated rings. The molecule has 0 radical (unpaired) electrons. The summed E-state index contributed by atoms with van der Waals surface area (Å²) in [7, 11) is 0. The van der Waals surface area contributed by atoms with Crippen LogP contribution in [0.25, 0.3) is 0 Å². The first-order valence-corrected chi connectivity index (χ1v) is 3.91. The normalized spacial score (nSPS) is 16.1. The predicted molar refractivity (Wildman–Crippen MR) is 51.1 cm³/mol. The molecule has 1 N–H and O–H groups in total. The third-order valence-electron chi connectivity index (χ3n) is 1.65. The highest BCUT2D eigenvalue weighted by Gasteiger charge is 2.18. The minimum atomic E-state index is -2.52. The standard InChI is InChI=1S/C9H14N2O2/c1-6-5-10-8(13)11(7(6)12)9(2,3)4/h5H,1-4H3,(H,10,13)/i1D3. The Bertz CT molecular complexity index is 505. The van der Waals surface area contributed by atoms with E-state index in [0.717, 1.165) is 10.8 Å². The Morgan fingerprint density at radius 1 is 1.46 bits per heavy atom. The van der Waals surface area contributed by atoms with Crippen molar-refractivity contribution < 1.29 is 4.11 Å². The van der Waals surface area contributed by atoms with Crippen LogP contribution in [0.2, 0.25) is 0 Å². The fraction of sp³-hybridized carbons (Fsp3) is 0.556. The fourth-order valence-corrected chi connectivity index (χ4v) is 1.08. The Morgan fingerprint density at radius 3 is 2.54 bits per heavy atom. The molecule has 0 saturated heterocycles. The van der Waals surface area contributed by atoms with Gasteiger partial charge in [0.2, 0.25) is 0 Å². The van der Waals surface area contributed by atoms with E-state index in [2.05, 4.69) is 4.98 Å². The van der Waals surface area contributed by atoms with Crippen LogP contribution in [0.15, 0.2) is 15.8 Å². The topological polar surface area (TPSA) is 54.9 Å². The Hall–Kier alpha value is -1.32. The number of nitrogens with zero attached hydrogens (tertiary/aromatic N) is 1. The summed E-state index contributed by atoms with van der Waals surface area (Å²) in [5.74, 6) is 0. The molecule has 72 valence electrons. The third-order valence-corrected chi connectivity index (χ3v) is 1.65. The summed E-state index contributed by atoms with van der Waals surface area (Å²) in [6, 6.07) is 0. The largest absolute Gasteiger partial charge is 0.328 e. The van der Waals surface area contributed by atoms with Gasteiger partial charge in [0, 0.05) is 21.4 Å². The van der Waals surface area contributed by atoms with E-state index in [-0.39, 0.29) is 5.56 Å². The molecule has 4 heteroatoms. The fourth-order valence-electron chi connectivity index (χ4n) is 1.08. The van der Waals surface area contributed by atoms with Gasteiger partial charge in [-0.1, -0.05) is 0 Å². The zero-order valence-electron chi connectivity index (χ0n) is 10.8. The van der Waals surface area contributed by atoms with Crippen LogP contribution in [0.5, 0.6) is 0 Å². The van der Waals surface area contributed by atoms with E-state index in [9.17, 15) is 9.59 Å². The van der Waals surface area contributed by atoms with Crippen molar-refractivity contribution in [2.45, 2.75) is 33.2 Å². The average molecular weight is 185 g/mol. The molecule has 13 heavy (non-hydrogen) atoms. The third kappa shape index (κ3) is 1.71. The van der Waals surface area contributed by atoms with Crippen molar-refractivity contribution in [2.24, 2.45) is 0 Å². The second kappa shape index (κ2) is 2.87. The monoisotopic (exact) mass is 185 g/mol. The van der Waals surface area contributed by atoms with E-state index >= 15 is 0 Å². The minimum absolute atomic E-state index is 0.373. The van der Waals surface area contributed by atoms with Crippen molar-refractivity contribution in [3.05, 3.63) is 32.6 Å². The first-order chi connectivity index (χ1) is 7.05. The highest BCUT2D eigenvalue weighted by atomic mass is 16.2. The SMILES string of the molecule is [2H]C([2H])([2H])c1c[nH]c(=O)n(C(C)(C)C)c1=O. The lowest BCUT2D eigenvalue weighted by atomic mass is 10.1. The lowest BCUT2D eigenvalue weighted by Crippen LogP contribution is -2.45. The molecule has 1 aromatic rings. The molecule has 0 aliphatic rings. The molecular weight excluding hydrogens is 168 g/mol. The Kier molecular flexibility index (Phi) is 1.36. The van der Waals surface area contributed by atoms with Crippen molar-refractivity contribution in [2.75, 3.05) is 0 Å². The number of H-pyrrole nitrogens is 1. The number of rotatable bonds is 0. The molecule has 0 aliphatic heterocycles. The van der Waals surface area contributed by atoms with E-state index in [1.165, 1.54) is 0 Å². The smallest absolute Gasteiger partial charge is 0.314 e. The second-order valence-electron chi connectivity index (χ2n) is 3.82. The maximum atomic E-state index is 11.9. The van der Waals surface area contributed by atoms with E-state index < -0.39 is 23.6 Å². The molecule has 0 aromatic carbocycles. The highest BCUT2D eigenvalue weighted by molar-refractivity contribution is 5.02. The molecule has 0 spiro atoms. The number of aromatic nitrogens is 2. The van der Waals surface area contributed by atoms with Crippen LogP contribution in [-0.2, 0) is 5.54 Å². The van der Waals surface area contributed by atoms with E-state index in [4.69, 9.17) is 4.11 Å². The van der Waals surface area contributed by atoms with Gasteiger partial charge >= 0.3 is 5.69 Å². The molecule has 0 atom stereocenters. The lowest BCUT2D eigenvalue weighted by Gasteiger charge is -2.20. The van der Waals surface area contributed by atoms with Crippen LogP contribution in [0.4, 0.5) is 0 Å². The van der Waals surface area contributed by atoms with Gasteiger partial charge in [-0.2, -0.15) is 0 Å². The molecule has 1 heterocycles. The summed E-state index contributed by atoms with van der Waals surface area (Å²) in [4.78, 5) is 25.6. The first kappa shape index (κ1) is 6.18. The zero-order chi connectivity index (χ0) is 12.7. The number of nitrogens with one attached hydrogen (secondary N) is 1. The molecule has 1 rings (SSSR count). The van der Waals surface area contributed by atoms with Crippen LogP contribution in [0.1, 0.15) is 30.4 Å². The molecule has 1 aromatic heterocycles. The van der Waals surface area contributed by atoms with E-state index in [1.54, 1.807) is 20.8 Å². The van der Waals surface area contributed by atoms with Gasteiger partial charge in [0.15, 0.2) is 0 Å². The van der Waals surface area contributed by atoms with Crippen LogP contribution in [0, 0.1) is 6.85 Å². The summed E-state index contributed by atoms with van der Waals surface area (Å²) in [5, 5.41) is 0. The van der Waals surface area contributed by atoms with Gasteiger partial charge in [0.05, 0.1) is 0 Å². The van der Waals surface area contributed by atoms with Gasteiger partial charge < -0.3 is 4.98 Å². The summed E-state index contributed by atoms with van der Waals surface area (Å²) in [5.41, 5.74) is -2.50. The molecular formula is C9H14N2O2. The molecule has 0 aliphatic carbocycles. The molecule has 4 nitrogen and oxygen atoms in total. The number of hydrogen-bond acceptors (Lipinski definition) is 2. The summed E-state index contributed by atoms with van der Waals surface area (Å²) < 4.78 is 22.5. The van der Waals surface area contributed by atoms with Gasteiger partial charge in [-0.25, -0.2) is 4.79 Å². The minimum Gasteiger partial charge on any atom is -0.314 e. The quantitative estimate of drug-likeness (QED) is 0.643.